The molecule has 0 heterocycles. The van der Waals surface area contributed by atoms with E-state index in [-0.39, 0.29) is 0 Å². The first-order valence-corrected chi connectivity index (χ1v) is 3.74. The minimum absolute atomic E-state index is 0.948. The second-order valence-electron chi connectivity index (χ2n) is 2.44. The number of hydrogen-bond donors (Lipinski definition) is 1. The Kier molecular flexibility index (Phi) is 2.73. The van der Waals surface area contributed by atoms with Crippen molar-refractivity contribution in [3.05, 3.63) is 42.5 Å². The van der Waals surface area contributed by atoms with Gasteiger partial charge in [0, 0.05) is 12.7 Å². The molecule has 0 fully saturated rings. The van der Waals surface area contributed by atoms with Crippen molar-refractivity contribution in [2.24, 2.45) is 0 Å². The molecule has 0 saturated heterocycles. The Balaban J connectivity index is 2.74. The maximum atomic E-state index is 3.68. The van der Waals surface area contributed by atoms with E-state index in [0.717, 1.165) is 12.1 Å². The molecule has 0 aliphatic carbocycles. The van der Waals surface area contributed by atoms with Gasteiger partial charge in [-0.25, -0.2) is 0 Å². The highest BCUT2D eigenvalue weighted by atomic mass is 14.8. The fraction of sp³-hybridized carbons (Fsp3) is 0.200. The molecule has 0 atom stereocenters. The predicted octanol–water partition coefficient (Wildman–Crippen LogP) is 2.46. The Labute approximate surface area is 67.8 Å². The number of allylic oxidation sites excluding steroid dienone is 1. The lowest BCUT2D eigenvalue weighted by molar-refractivity contribution is 1.27. The molecule has 1 heteroatoms. The summed E-state index contributed by atoms with van der Waals surface area (Å²) < 4.78 is 0. The Hall–Kier alpha value is -1.24. The molecule has 0 aliphatic rings. The van der Waals surface area contributed by atoms with Gasteiger partial charge in [-0.2, -0.15) is 0 Å². The molecule has 0 spiro atoms. The van der Waals surface area contributed by atoms with Crippen molar-refractivity contribution in [3.8, 4) is 0 Å². The maximum Gasteiger partial charge on any atom is 0.0337 e. The first-order chi connectivity index (χ1) is 5.36. The van der Waals surface area contributed by atoms with Crippen LogP contribution < -0.4 is 5.32 Å². The number of benzene rings is 1. The van der Waals surface area contributed by atoms with Crippen molar-refractivity contribution in [1.29, 1.82) is 0 Å². The Morgan fingerprint density at radius 2 is 2.00 bits per heavy atom. The molecular weight excluding hydrogens is 134 g/mol. The second-order valence-corrected chi connectivity index (χ2v) is 2.44. The lowest BCUT2D eigenvalue weighted by Gasteiger charge is -2.00. The van der Waals surface area contributed by atoms with Crippen LogP contribution >= 0.6 is 0 Å². The number of hydrogen-bond acceptors (Lipinski definition) is 1. The number of nitrogens with one attached hydrogen (secondary N) is 1. The summed E-state index contributed by atoms with van der Waals surface area (Å²) in [7, 11) is 1.92. The quantitative estimate of drug-likeness (QED) is 0.647. The van der Waals surface area contributed by atoms with Crippen LogP contribution in [0.3, 0.4) is 0 Å². The summed E-state index contributed by atoms with van der Waals surface area (Å²) in [4.78, 5) is 0. The smallest absolute Gasteiger partial charge is 0.0337 e. The molecular formula is C10H13N. The molecule has 0 bridgehead atoms. The minimum atomic E-state index is 0.948. The molecule has 0 radical (unpaired) electrons. The van der Waals surface area contributed by atoms with Gasteiger partial charge in [0.2, 0.25) is 0 Å². The van der Waals surface area contributed by atoms with Crippen molar-refractivity contribution in [2.45, 2.75) is 6.42 Å². The van der Waals surface area contributed by atoms with Gasteiger partial charge >= 0.3 is 0 Å². The first-order valence-electron chi connectivity index (χ1n) is 3.74. The van der Waals surface area contributed by atoms with Gasteiger partial charge in [-0.1, -0.05) is 18.2 Å². The average Bonchev–Trinajstić information content (AvgIpc) is 2.07. The van der Waals surface area contributed by atoms with Crippen LogP contribution in [0, 0.1) is 0 Å². The summed E-state index contributed by atoms with van der Waals surface area (Å²) in [5.41, 5.74) is 2.46. The number of rotatable bonds is 3. The summed E-state index contributed by atoms with van der Waals surface area (Å²) in [6.07, 6.45) is 2.86. The SMILES string of the molecule is C=CCc1ccc(NC)cc1. The van der Waals surface area contributed by atoms with Gasteiger partial charge in [-0.3, -0.25) is 0 Å². The zero-order valence-electron chi connectivity index (χ0n) is 6.80. The van der Waals surface area contributed by atoms with Crippen LogP contribution in [-0.4, -0.2) is 7.05 Å². The lowest BCUT2D eigenvalue weighted by atomic mass is 10.1. The average molecular weight is 147 g/mol. The minimum Gasteiger partial charge on any atom is -0.388 e. The normalized spacial score (nSPS) is 9.18. The molecule has 1 nitrogen and oxygen atoms in total. The molecule has 58 valence electrons. The Morgan fingerprint density at radius 1 is 1.36 bits per heavy atom. The maximum absolute atomic E-state index is 3.68. The molecule has 0 amide bonds. The zero-order valence-corrected chi connectivity index (χ0v) is 6.80. The van der Waals surface area contributed by atoms with Crippen LogP contribution in [0.2, 0.25) is 0 Å². The van der Waals surface area contributed by atoms with E-state index in [9.17, 15) is 0 Å². The van der Waals surface area contributed by atoms with Crippen molar-refractivity contribution in [1.82, 2.24) is 0 Å². The van der Waals surface area contributed by atoms with Crippen LogP contribution in [-0.2, 0) is 6.42 Å². The fourth-order valence-electron chi connectivity index (χ4n) is 0.974. The molecule has 0 saturated carbocycles. The standard InChI is InChI=1S/C10H13N/c1-3-4-9-5-7-10(11-2)8-6-9/h3,5-8,11H,1,4H2,2H3. The highest BCUT2D eigenvalue weighted by Gasteiger charge is 1.88. The molecule has 0 aromatic heterocycles. The Bertz CT molecular complexity index is 223. The van der Waals surface area contributed by atoms with Gasteiger partial charge < -0.3 is 5.32 Å². The van der Waals surface area contributed by atoms with E-state index in [2.05, 4.69) is 36.2 Å². The predicted molar refractivity (Wildman–Crippen MR) is 49.9 cm³/mol. The summed E-state index contributed by atoms with van der Waals surface area (Å²) in [5.74, 6) is 0. The summed E-state index contributed by atoms with van der Waals surface area (Å²) >= 11 is 0. The topological polar surface area (TPSA) is 12.0 Å². The Morgan fingerprint density at radius 3 is 2.45 bits per heavy atom. The van der Waals surface area contributed by atoms with Gasteiger partial charge in [-0.15, -0.1) is 6.58 Å². The first kappa shape index (κ1) is 7.86. The van der Waals surface area contributed by atoms with E-state index >= 15 is 0 Å². The van der Waals surface area contributed by atoms with E-state index < -0.39 is 0 Å². The van der Waals surface area contributed by atoms with Crippen molar-refractivity contribution < 1.29 is 0 Å². The van der Waals surface area contributed by atoms with E-state index in [1.807, 2.05) is 13.1 Å². The molecule has 1 N–H and O–H groups in total. The van der Waals surface area contributed by atoms with E-state index in [4.69, 9.17) is 0 Å². The molecule has 1 aromatic carbocycles. The highest BCUT2D eigenvalue weighted by molar-refractivity contribution is 5.44. The third-order valence-electron chi connectivity index (χ3n) is 1.62. The zero-order chi connectivity index (χ0) is 8.10. The second kappa shape index (κ2) is 3.81. The number of anilines is 1. The van der Waals surface area contributed by atoms with Gasteiger partial charge in [0.15, 0.2) is 0 Å². The van der Waals surface area contributed by atoms with Gasteiger partial charge in [0.25, 0.3) is 0 Å². The van der Waals surface area contributed by atoms with Gasteiger partial charge in [0.1, 0.15) is 0 Å². The van der Waals surface area contributed by atoms with Crippen LogP contribution in [0.4, 0.5) is 5.69 Å². The largest absolute Gasteiger partial charge is 0.388 e. The third-order valence-corrected chi connectivity index (χ3v) is 1.62. The summed E-state index contributed by atoms with van der Waals surface area (Å²) in [6, 6.07) is 8.35. The van der Waals surface area contributed by atoms with Crippen LogP contribution in [0.1, 0.15) is 5.56 Å². The highest BCUT2D eigenvalue weighted by Crippen LogP contribution is 2.08. The van der Waals surface area contributed by atoms with Crippen molar-refractivity contribution in [2.75, 3.05) is 12.4 Å². The van der Waals surface area contributed by atoms with Gasteiger partial charge in [-0.05, 0) is 24.1 Å². The van der Waals surface area contributed by atoms with Crippen LogP contribution in [0.25, 0.3) is 0 Å². The van der Waals surface area contributed by atoms with E-state index in [0.29, 0.717) is 0 Å². The van der Waals surface area contributed by atoms with Crippen LogP contribution in [0.5, 0.6) is 0 Å². The summed E-state index contributed by atoms with van der Waals surface area (Å²) in [5, 5.41) is 3.07. The fourth-order valence-corrected chi connectivity index (χ4v) is 0.974. The molecule has 0 unspecified atom stereocenters. The molecule has 0 aliphatic heterocycles. The van der Waals surface area contributed by atoms with E-state index in [1.54, 1.807) is 0 Å². The van der Waals surface area contributed by atoms with Crippen LogP contribution in [0.15, 0.2) is 36.9 Å². The third kappa shape index (κ3) is 2.11. The molecule has 1 rings (SSSR count). The monoisotopic (exact) mass is 147 g/mol. The van der Waals surface area contributed by atoms with E-state index in [1.165, 1.54) is 5.56 Å². The summed E-state index contributed by atoms with van der Waals surface area (Å²) in [6.45, 7) is 3.68. The van der Waals surface area contributed by atoms with Crippen molar-refractivity contribution >= 4 is 5.69 Å². The van der Waals surface area contributed by atoms with Gasteiger partial charge in [0.05, 0.1) is 0 Å². The van der Waals surface area contributed by atoms with Crippen molar-refractivity contribution in [3.63, 3.8) is 0 Å². The molecule has 1 aromatic rings. The lowest BCUT2D eigenvalue weighted by Crippen LogP contribution is -1.87. The molecule has 11 heavy (non-hydrogen) atoms.